The van der Waals surface area contributed by atoms with Gasteiger partial charge in [-0.15, -0.1) is 0 Å². The molecule has 9 N–H and O–H groups in total. The van der Waals surface area contributed by atoms with Gasteiger partial charge in [0, 0.05) is 6.42 Å². The van der Waals surface area contributed by atoms with E-state index < -0.39 is 36.6 Å². The molecule has 6 unspecified atom stereocenters. The maximum atomic E-state index is 8.91. The first-order valence-corrected chi connectivity index (χ1v) is 9.05. The molecule has 0 heterocycles. The van der Waals surface area contributed by atoms with Crippen molar-refractivity contribution in [1.29, 1.82) is 0 Å². The van der Waals surface area contributed by atoms with Gasteiger partial charge >= 0.3 is 0 Å². The van der Waals surface area contributed by atoms with Gasteiger partial charge in [0.2, 0.25) is 0 Å². The molecule has 0 radical (unpaired) electrons. The van der Waals surface area contributed by atoms with Crippen LogP contribution in [0.4, 0.5) is 0 Å². The van der Waals surface area contributed by atoms with Crippen molar-refractivity contribution in [3.8, 4) is 0 Å². The standard InChI is InChI=1S/2C6H14O3.C5H12O3/c1-2-5(8)3-6(9)4-7;1-2-3-5(8)6(9)4-7;1-2-4(7)5(8)3-6/h2*5-9H,2-4H2,1H3;4-8H,2-3H2,1H3. The third-order valence-electron chi connectivity index (χ3n) is 3.49. The molecule has 0 aromatic heterocycles. The van der Waals surface area contributed by atoms with Crippen molar-refractivity contribution >= 4 is 0 Å². The number of rotatable bonds is 11. The zero-order chi connectivity index (χ0) is 21.1. The Morgan fingerprint density at radius 2 is 1.00 bits per heavy atom. The van der Waals surface area contributed by atoms with Crippen LogP contribution in [0.1, 0.15) is 52.9 Å². The molecule has 0 bridgehead atoms. The van der Waals surface area contributed by atoms with Gasteiger partial charge in [-0.25, -0.2) is 0 Å². The normalized spacial score (nSPS) is 17.5. The Hall–Kier alpha value is -0.360. The summed E-state index contributed by atoms with van der Waals surface area (Å²) in [6.45, 7) is 4.48. The van der Waals surface area contributed by atoms with E-state index in [1.807, 2.05) is 13.8 Å². The molecule has 0 aliphatic heterocycles. The molecular formula is C17H40O9. The summed E-state index contributed by atoms with van der Waals surface area (Å²) >= 11 is 0. The second-order valence-corrected chi connectivity index (χ2v) is 5.97. The first kappa shape index (κ1) is 30.4. The van der Waals surface area contributed by atoms with Crippen LogP contribution in [0, 0.1) is 0 Å². The minimum Gasteiger partial charge on any atom is -0.394 e. The van der Waals surface area contributed by atoms with Crippen molar-refractivity contribution in [2.75, 3.05) is 19.8 Å². The summed E-state index contributed by atoms with van der Waals surface area (Å²) in [5.74, 6) is 0. The average molecular weight is 388 g/mol. The molecule has 0 amide bonds. The first-order chi connectivity index (χ1) is 12.1. The first-order valence-electron chi connectivity index (χ1n) is 9.05. The molecule has 0 aliphatic rings. The van der Waals surface area contributed by atoms with Gasteiger partial charge in [-0.2, -0.15) is 0 Å². The highest BCUT2D eigenvalue weighted by Gasteiger charge is 2.12. The van der Waals surface area contributed by atoms with E-state index in [-0.39, 0.29) is 26.2 Å². The van der Waals surface area contributed by atoms with Crippen molar-refractivity contribution in [2.24, 2.45) is 0 Å². The van der Waals surface area contributed by atoms with Crippen LogP contribution in [0.25, 0.3) is 0 Å². The van der Waals surface area contributed by atoms with Crippen molar-refractivity contribution < 1.29 is 46.0 Å². The quantitative estimate of drug-likeness (QED) is 0.195. The Morgan fingerprint density at radius 1 is 0.538 bits per heavy atom. The number of hydrogen-bond acceptors (Lipinski definition) is 9. The van der Waals surface area contributed by atoms with Gasteiger partial charge in [-0.1, -0.05) is 27.2 Å². The zero-order valence-electron chi connectivity index (χ0n) is 16.1. The second-order valence-electron chi connectivity index (χ2n) is 5.97. The van der Waals surface area contributed by atoms with E-state index in [9.17, 15) is 0 Å². The molecule has 0 fully saturated rings. The molecule has 26 heavy (non-hydrogen) atoms. The van der Waals surface area contributed by atoms with Crippen LogP contribution in [0.3, 0.4) is 0 Å². The molecule has 0 aliphatic carbocycles. The van der Waals surface area contributed by atoms with Gasteiger partial charge in [-0.05, 0) is 19.3 Å². The van der Waals surface area contributed by atoms with E-state index in [2.05, 4.69) is 0 Å². The fourth-order valence-electron chi connectivity index (χ4n) is 1.56. The van der Waals surface area contributed by atoms with Gasteiger partial charge in [0.25, 0.3) is 0 Å². The minimum absolute atomic E-state index is 0.267. The van der Waals surface area contributed by atoms with Crippen molar-refractivity contribution in [3.63, 3.8) is 0 Å². The van der Waals surface area contributed by atoms with Crippen LogP contribution in [-0.4, -0.2) is 102 Å². The smallest absolute Gasteiger partial charge is 0.103 e. The molecule has 0 aromatic rings. The Labute approximate surface area is 156 Å². The van der Waals surface area contributed by atoms with Gasteiger partial charge in [0.05, 0.1) is 44.2 Å². The van der Waals surface area contributed by atoms with E-state index in [1.165, 1.54) is 0 Å². The third kappa shape index (κ3) is 20.0. The van der Waals surface area contributed by atoms with Gasteiger partial charge in [0.15, 0.2) is 0 Å². The maximum Gasteiger partial charge on any atom is 0.103 e. The summed E-state index contributed by atoms with van der Waals surface area (Å²) in [5.41, 5.74) is 0. The Morgan fingerprint density at radius 3 is 1.27 bits per heavy atom. The topological polar surface area (TPSA) is 182 Å². The summed E-state index contributed by atoms with van der Waals surface area (Å²) < 4.78 is 0. The monoisotopic (exact) mass is 388 g/mol. The molecule has 0 rings (SSSR count). The molecule has 0 aromatic carbocycles. The lowest BCUT2D eigenvalue weighted by Crippen LogP contribution is -2.28. The Balaban J connectivity index is -0.000000306. The van der Waals surface area contributed by atoms with Gasteiger partial charge in [-0.3, -0.25) is 0 Å². The lowest BCUT2D eigenvalue weighted by molar-refractivity contribution is -0.0177. The number of hydrogen-bond donors (Lipinski definition) is 9. The van der Waals surface area contributed by atoms with Crippen LogP contribution >= 0.6 is 0 Å². The van der Waals surface area contributed by atoms with Gasteiger partial charge < -0.3 is 46.0 Å². The lowest BCUT2D eigenvalue weighted by atomic mass is 10.1. The fraction of sp³-hybridized carbons (Fsp3) is 1.00. The highest BCUT2D eigenvalue weighted by atomic mass is 16.4. The van der Waals surface area contributed by atoms with E-state index in [0.29, 0.717) is 19.3 Å². The zero-order valence-corrected chi connectivity index (χ0v) is 16.1. The van der Waals surface area contributed by atoms with Gasteiger partial charge in [0.1, 0.15) is 12.2 Å². The second kappa shape index (κ2) is 20.9. The summed E-state index contributed by atoms with van der Waals surface area (Å²) in [6, 6.07) is 0. The van der Waals surface area contributed by atoms with Crippen LogP contribution in [0.15, 0.2) is 0 Å². The SMILES string of the molecule is CCC(O)C(O)CO.CCC(O)CC(O)CO.CCCC(O)C(O)CO. The lowest BCUT2D eigenvalue weighted by Gasteiger charge is -2.13. The largest absolute Gasteiger partial charge is 0.394 e. The van der Waals surface area contributed by atoms with Crippen LogP contribution < -0.4 is 0 Å². The van der Waals surface area contributed by atoms with E-state index in [0.717, 1.165) is 6.42 Å². The molecule has 9 heteroatoms. The molecule has 0 spiro atoms. The van der Waals surface area contributed by atoms with Crippen molar-refractivity contribution in [1.82, 2.24) is 0 Å². The minimum atomic E-state index is -0.972. The molecular weight excluding hydrogens is 348 g/mol. The summed E-state index contributed by atoms with van der Waals surface area (Å²) in [4.78, 5) is 0. The third-order valence-corrected chi connectivity index (χ3v) is 3.49. The van der Waals surface area contributed by atoms with Crippen LogP contribution in [-0.2, 0) is 0 Å². The number of aliphatic hydroxyl groups excluding tert-OH is 9. The molecule has 0 saturated carbocycles. The Kier molecular flexibility index (Phi) is 24.5. The van der Waals surface area contributed by atoms with E-state index >= 15 is 0 Å². The number of aliphatic hydroxyl groups is 9. The van der Waals surface area contributed by atoms with Crippen molar-refractivity contribution in [3.05, 3.63) is 0 Å². The highest BCUT2D eigenvalue weighted by Crippen LogP contribution is 2.01. The fourth-order valence-corrected chi connectivity index (χ4v) is 1.56. The van der Waals surface area contributed by atoms with E-state index in [1.54, 1.807) is 6.92 Å². The predicted octanol–water partition coefficient (Wildman–Crippen LogP) is -1.89. The predicted molar refractivity (Wildman–Crippen MR) is 97.4 cm³/mol. The van der Waals surface area contributed by atoms with Crippen molar-refractivity contribution in [2.45, 2.75) is 89.5 Å². The van der Waals surface area contributed by atoms with Crippen LogP contribution in [0.5, 0.6) is 0 Å². The summed E-state index contributed by atoms with van der Waals surface area (Å²) in [6.07, 6.45) is -2.00. The summed E-state index contributed by atoms with van der Waals surface area (Å²) in [5, 5.41) is 77.5. The highest BCUT2D eigenvalue weighted by molar-refractivity contribution is 4.64. The molecule has 9 nitrogen and oxygen atoms in total. The molecule has 162 valence electrons. The Bertz CT molecular complexity index is 253. The maximum absolute atomic E-state index is 8.91. The summed E-state index contributed by atoms with van der Waals surface area (Å²) in [7, 11) is 0. The van der Waals surface area contributed by atoms with Crippen LogP contribution in [0.2, 0.25) is 0 Å². The molecule has 6 atom stereocenters. The average Bonchev–Trinajstić information content (AvgIpc) is 2.66. The van der Waals surface area contributed by atoms with E-state index in [4.69, 9.17) is 46.0 Å². The molecule has 0 saturated heterocycles.